The summed E-state index contributed by atoms with van der Waals surface area (Å²) >= 11 is 5.59. The van der Waals surface area contributed by atoms with Crippen molar-refractivity contribution in [1.29, 1.82) is 0 Å². The van der Waals surface area contributed by atoms with Gasteiger partial charge in [-0.3, -0.25) is 0 Å². The van der Waals surface area contributed by atoms with Crippen LogP contribution >= 0.6 is 12.2 Å². The second-order valence-corrected chi connectivity index (χ2v) is 6.58. The first-order valence-corrected chi connectivity index (χ1v) is 8.37. The lowest BCUT2D eigenvalue weighted by Gasteiger charge is -2.42. The fourth-order valence-corrected chi connectivity index (χ4v) is 3.95. The van der Waals surface area contributed by atoms with Crippen molar-refractivity contribution in [3.8, 4) is 5.75 Å². The van der Waals surface area contributed by atoms with Crippen molar-refractivity contribution in [3.05, 3.63) is 24.3 Å². The van der Waals surface area contributed by atoms with Gasteiger partial charge < -0.3 is 15.0 Å². The monoisotopic (exact) mass is 304 g/mol. The van der Waals surface area contributed by atoms with Crippen LogP contribution in [0.15, 0.2) is 24.3 Å². The van der Waals surface area contributed by atoms with E-state index in [4.69, 9.17) is 17.0 Å². The van der Waals surface area contributed by atoms with Crippen LogP contribution in [0.25, 0.3) is 0 Å². The molecule has 4 heteroatoms. The third kappa shape index (κ3) is 3.49. The molecule has 3 rings (SSSR count). The molecule has 1 aliphatic carbocycles. The molecule has 1 aromatic carbocycles. The Bertz CT molecular complexity index is 488. The largest absolute Gasteiger partial charge is 0.497 e. The molecule has 21 heavy (non-hydrogen) atoms. The van der Waals surface area contributed by atoms with Crippen LogP contribution in [0.5, 0.6) is 5.75 Å². The molecule has 1 N–H and O–H groups in total. The lowest BCUT2D eigenvalue weighted by Crippen LogP contribution is -2.46. The smallest absolute Gasteiger partial charge is 0.173 e. The van der Waals surface area contributed by atoms with Crippen LogP contribution in [0.1, 0.15) is 32.1 Å². The molecule has 1 aromatic rings. The maximum Gasteiger partial charge on any atom is 0.173 e. The van der Waals surface area contributed by atoms with E-state index < -0.39 is 0 Å². The van der Waals surface area contributed by atoms with Gasteiger partial charge in [0.15, 0.2) is 5.11 Å². The van der Waals surface area contributed by atoms with Gasteiger partial charge in [-0.2, -0.15) is 0 Å². The minimum absolute atomic E-state index is 0.850. The average Bonchev–Trinajstić information content (AvgIpc) is 2.55. The molecule has 0 spiro atoms. The van der Waals surface area contributed by atoms with Crippen LogP contribution in [0.2, 0.25) is 0 Å². The first-order chi connectivity index (χ1) is 10.3. The van der Waals surface area contributed by atoms with Crippen LogP contribution < -0.4 is 10.1 Å². The Morgan fingerprint density at radius 2 is 1.86 bits per heavy atom. The molecule has 3 nitrogen and oxygen atoms in total. The van der Waals surface area contributed by atoms with E-state index in [1.165, 1.54) is 32.1 Å². The molecule has 1 aliphatic heterocycles. The lowest BCUT2D eigenvalue weighted by molar-refractivity contribution is 0.131. The molecule has 114 valence electrons. The second-order valence-electron chi connectivity index (χ2n) is 6.20. The molecular weight excluding hydrogens is 280 g/mol. The van der Waals surface area contributed by atoms with E-state index >= 15 is 0 Å². The van der Waals surface area contributed by atoms with Gasteiger partial charge in [-0.05, 0) is 61.2 Å². The predicted molar refractivity (Wildman–Crippen MR) is 90.9 cm³/mol. The fourth-order valence-electron chi connectivity index (χ4n) is 3.66. The highest BCUT2D eigenvalue weighted by molar-refractivity contribution is 7.80. The Labute approximate surface area is 132 Å². The standard InChI is InChI=1S/C17H24N2OS/c1-20-16-8-6-15(7-9-16)18-17(21)19-11-10-13-4-2-3-5-14(13)12-19/h6-9,13-14H,2-5,10-12H2,1H3,(H,18,21)/t13-,14-/m1/s1. The third-order valence-corrected chi connectivity index (χ3v) is 5.28. The Balaban J connectivity index is 1.57. The molecule has 1 heterocycles. The Morgan fingerprint density at radius 1 is 1.14 bits per heavy atom. The average molecular weight is 304 g/mol. The van der Waals surface area contributed by atoms with Crippen molar-refractivity contribution in [2.24, 2.45) is 11.8 Å². The first-order valence-electron chi connectivity index (χ1n) is 7.96. The van der Waals surface area contributed by atoms with Crippen LogP contribution in [-0.4, -0.2) is 30.2 Å². The van der Waals surface area contributed by atoms with Crippen molar-refractivity contribution < 1.29 is 4.74 Å². The number of methoxy groups -OCH3 is 1. The number of nitrogens with one attached hydrogen (secondary N) is 1. The highest BCUT2D eigenvalue weighted by atomic mass is 32.1. The fraction of sp³-hybridized carbons (Fsp3) is 0.588. The normalized spacial score (nSPS) is 25.1. The highest BCUT2D eigenvalue weighted by Crippen LogP contribution is 2.36. The summed E-state index contributed by atoms with van der Waals surface area (Å²) in [6.45, 7) is 2.23. The molecule has 0 aromatic heterocycles. The van der Waals surface area contributed by atoms with Gasteiger partial charge in [0.2, 0.25) is 0 Å². The molecule has 0 unspecified atom stereocenters. The number of rotatable bonds is 2. The summed E-state index contributed by atoms with van der Waals surface area (Å²) in [5.41, 5.74) is 1.03. The summed E-state index contributed by atoms with van der Waals surface area (Å²) in [6.07, 6.45) is 6.93. The number of likely N-dealkylation sites (tertiary alicyclic amines) is 1. The minimum Gasteiger partial charge on any atom is -0.497 e. The SMILES string of the molecule is COc1ccc(NC(=S)N2CC[C@H]3CCCC[C@@H]3C2)cc1. The minimum atomic E-state index is 0.850. The van der Waals surface area contributed by atoms with Crippen molar-refractivity contribution in [3.63, 3.8) is 0 Å². The number of nitrogens with zero attached hydrogens (tertiary/aromatic N) is 1. The van der Waals surface area contributed by atoms with Gasteiger partial charge in [-0.25, -0.2) is 0 Å². The third-order valence-electron chi connectivity index (χ3n) is 4.92. The van der Waals surface area contributed by atoms with Crippen molar-refractivity contribution in [2.45, 2.75) is 32.1 Å². The summed E-state index contributed by atoms with van der Waals surface area (Å²) in [7, 11) is 1.68. The van der Waals surface area contributed by atoms with Gasteiger partial charge in [0.05, 0.1) is 7.11 Å². The zero-order valence-electron chi connectivity index (χ0n) is 12.7. The van der Waals surface area contributed by atoms with E-state index in [-0.39, 0.29) is 0 Å². The molecule has 2 aliphatic rings. The van der Waals surface area contributed by atoms with E-state index in [2.05, 4.69) is 10.2 Å². The maximum absolute atomic E-state index is 5.59. The van der Waals surface area contributed by atoms with Gasteiger partial charge in [0, 0.05) is 18.8 Å². The van der Waals surface area contributed by atoms with E-state index in [1.807, 2.05) is 24.3 Å². The van der Waals surface area contributed by atoms with E-state index in [0.29, 0.717) is 0 Å². The van der Waals surface area contributed by atoms with Gasteiger partial charge in [0.1, 0.15) is 5.75 Å². The number of hydrogen-bond acceptors (Lipinski definition) is 2. The second kappa shape index (κ2) is 6.65. The van der Waals surface area contributed by atoms with Gasteiger partial charge in [-0.1, -0.05) is 19.3 Å². The molecule has 0 radical (unpaired) electrons. The predicted octanol–water partition coefficient (Wildman–Crippen LogP) is 3.90. The summed E-state index contributed by atoms with van der Waals surface area (Å²) < 4.78 is 5.18. The Hall–Kier alpha value is -1.29. The van der Waals surface area contributed by atoms with E-state index in [1.54, 1.807) is 7.11 Å². The number of ether oxygens (including phenoxy) is 1. The van der Waals surface area contributed by atoms with Crippen molar-refractivity contribution in [1.82, 2.24) is 4.90 Å². The zero-order chi connectivity index (χ0) is 14.7. The number of benzene rings is 1. The first kappa shape index (κ1) is 14.6. The molecule has 2 fully saturated rings. The summed E-state index contributed by atoms with van der Waals surface area (Å²) in [5, 5.41) is 4.23. The van der Waals surface area contributed by atoms with Gasteiger partial charge in [0.25, 0.3) is 0 Å². The molecular formula is C17H24N2OS. The van der Waals surface area contributed by atoms with Gasteiger partial charge >= 0.3 is 0 Å². The van der Waals surface area contributed by atoms with Crippen LogP contribution in [0.3, 0.4) is 0 Å². The molecule has 1 saturated heterocycles. The van der Waals surface area contributed by atoms with Crippen molar-refractivity contribution in [2.75, 3.05) is 25.5 Å². The van der Waals surface area contributed by atoms with Gasteiger partial charge in [-0.15, -0.1) is 0 Å². The summed E-state index contributed by atoms with van der Waals surface area (Å²) in [6, 6.07) is 7.94. The number of hydrogen-bond donors (Lipinski definition) is 1. The molecule has 0 amide bonds. The molecule has 0 bridgehead atoms. The Kier molecular flexibility index (Phi) is 4.63. The van der Waals surface area contributed by atoms with E-state index in [0.717, 1.165) is 41.5 Å². The van der Waals surface area contributed by atoms with Crippen LogP contribution in [0.4, 0.5) is 5.69 Å². The topological polar surface area (TPSA) is 24.5 Å². The maximum atomic E-state index is 5.59. The quantitative estimate of drug-likeness (QED) is 0.837. The van der Waals surface area contributed by atoms with E-state index in [9.17, 15) is 0 Å². The lowest BCUT2D eigenvalue weighted by atomic mass is 9.75. The summed E-state index contributed by atoms with van der Waals surface area (Å²) in [5.74, 6) is 2.66. The highest BCUT2D eigenvalue weighted by Gasteiger charge is 2.31. The summed E-state index contributed by atoms with van der Waals surface area (Å²) in [4.78, 5) is 2.35. The van der Waals surface area contributed by atoms with Crippen LogP contribution in [0, 0.1) is 11.8 Å². The van der Waals surface area contributed by atoms with Crippen LogP contribution in [-0.2, 0) is 0 Å². The zero-order valence-corrected chi connectivity index (χ0v) is 13.5. The molecule has 2 atom stereocenters. The van der Waals surface area contributed by atoms with Crippen molar-refractivity contribution >= 4 is 23.0 Å². The Morgan fingerprint density at radius 3 is 2.57 bits per heavy atom. The number of fused-ring (bicyclic) bond motifs is 1. The number of piperidine rings is 1. The number of thiocarbonyl (C=S) groups is 1. The number of anilines is 1. The molecule has 1 saturated carbocycles.